The Hall–Kier alpha value is -2.27. The zero-order valence-electron chi connectivity index (χ0n) is 9.04. The Morgan fingerprint density at radius 1 is 1.17 bits per heavy atom. The van der Waals surface area contributed by atoms with Gasteiger partial charge < -0.3 is 9.84 Å². The quantitative estimate of drug-likeness (QED) is 0.678. The average Bonchev–Trinajstić information content (AvgIpc) is 2.34. The molecule has 18 heavy (non-hydrogen) atoms. The van der Waals surface area contributed by atoms with Crippen molar-refractivity contribution in [1.29, 1.82) is 0 Å². The standard InChI is InChI=1S/C12H8ClNO4/c13-8-5-6-11(9(7-8)14(16)17)18-12-4-2-1-3-10(12)15/h1-7,15H. The van der Waals surface area contributed by atoms with Crippen molar-refractivity contribution < 1.29 is 14.8 Å². The van der Waals surface area contributed by atoms with Crippen LogP contribution in [-0.4, -0.2) is 10.0 Å². The molecule has 5 nitrogen and oxygen atoms in total. The van der Waals surface area contributed by atoms with Crippen LogP contribution in [0.1, 0.15) is 0 Å². The number of nitrogens with zero attached hydrogens (tertiary/aromatic N) is 1. The van der Waals surface area contributed by atoms with Gasteiger partial charge in [-0.15, -0.1) is 0 Å². The van der Waals surface area contributed by atoms with Crippen LogP contribution in [0.3, 0.4) is 0 Å². The minimum atomic E-state index is -0.596. The van der Waals surface area contributed by atoms with Crippen LogP contribution in [0.5, 0.6) is 17.2 Å². The molecular formula is C12H8ClNO4. The first-order chi connectivity index (χ1) is 8.58. The lowest BCUT2D eigenvalue weighted by molar-refractivity contribution is -0.385. The molecule has 0 bridgehead atoms. The number of rotatable bonds is 3. The summed E-state index contributed by atoms with van der Waals surface area (Å²) >= 11 is 5.69. The number of hydrogen-bond acceptors (Lipinski definition) is 4. The average molecular weight is 266 g/mol. The van der Waals surface area contributed by atoms with E-state index in [1.807, 2.05) is 0 Å². The van der Waals surface area contributed by atoms with E-state index in [0.29, 0.717) is 0 Å². The molecule has 92 valence electrons. The number of hydrogen-bond donors (Lipinski definition) is 1. The van der Waals surface area contributed by atoms with Gasteiger partial charge in [0.2, 0.25) is 5.75 Å². The second kappa shape index (κ2) is 4.93. The van der Waals surface area contributed by atoms with E-state index >= 15 is 0 Å². The maximum atomic E-state index is 10.9. The van der Waals surface area contributed by atoms with E-state index in [1.54, 1.807) is 12.1 Å². The van der Waals surface area contributed by atoms with Crippen LogP contribution >= 0.6 is 11.6 Å². The molecule has 0 aromatic heterocycles. The van der Waals surface area contributed by atoms with Gasteiger partial charge in [-0.3, -0.25) is 10.1 Å². The van der Waals surface area contributed by atoms with Gasteiger partial charge in [-0.05, 0) is 24.3 Å². The lowest BCUT2D eigenvalue weighted by atomic mass is 10.3. The second-order valence-corrected chi connectivity index (χ2v) is 3.88. The van der Waals surface area contributed by atoms with E-state index in [0.717, 1.165) is 0 Å². The van der Waals surface area contributed by atoms with Gasteiger partial charge in [0.25, 0.3) is 0 Å². The molecule has 0 saturated heterocycles. The van der Waals surface area contributed by atoms with Gasteiger partial charge in [-0.2, -0.15) is 0 Å². The summed E-state index contributed by atoms with van der Waals surface area (Å²) in [5, 5.41) is 20.6. The Bertz CT molecular complexity index is 600. The predicted molar refractivity (Wildman–Crippen MR) is 66.3 cm³/mol. The van der Waals surface area contributed by atoms with Crippen LogP contribution in [0.15, 0.2) is 42.5 Å². The number of nitro benzene ring substituents is 1. The van der Waals surface area contributed by atoms with E-state index in [-0.39, 0.29) is 28.0 Å². The van der Waals surface area contributed by atoms with E-state index in [9.17, 15) is 15.2 Å². The van der Waals surface area contributed by atoms with E-state index in [1.165, 1.54) is 30.3 Å². The third kappa shape index (κ3) is 2.52. The molecule has 0 radical (unpaired) electrons. The summed E-state index contributed by atoms with van der Waals surface area (Å²) in [7, 11) is 0. The largest absolute Gasteiger partial charge is 0.504 e. The van der Waals surface area contributed by atoms with Gasteiger partial charge in [-0.25, -0.2) is 0 Å². The summed E-state index contributed by atoms with van der Waals surface area (Å²) in [6.07, 6.45) is 0. The van der Waals surface area contributed by atoms with Crippen LogP contribution in [0, 0.1) is 10.1 Å². The highest BCUT2D eigenvalue weighted by atomic mass is 35.5. The van der Waals surface area contributed by atoms with Crippen molar-refractivity contribution in [3.63, 3.8) is 0 Å². The molecule has 2 rings (SSSR count). The SMILES string of the molecule is O=[N+]([O-])c1cc(Cl)ccc1Oc1ccccc1O. The van der Waals surface area contributed by atoms with Gasteiger partial charge in [0.15, 0.2) is 11.5 Å². The van der Waals surface area contributed by atoms with Crippen LogP contribution in [0.4, 0.5) is 5.69 Å². The summed E-state index contributed by atoms with van der Waals surface area (Å²) < 4.78 is 5.31. The highest BCUT2D eigenvalue weighted by Crippen LogP contribution is 2.36. The molecule has 0 spiro atoms. The monoisotopic (exact) mass is 265 g/mol. The number of benzene rings is 2. The number of ether oxygens (including phenoxy) is 1. The summed E-state index contributed by atoms with van der Waals surface area (Å²) in [5.41, 5.74) is -0.259. The van der Waals surface area contributed by atoms with Gasteiger partial charge in [0.05, 0.1) is 4.92 Å². The highest BCUT2D eigenvalue weighted by Gasteiger charge is 2.17. The summed E-state index contributed by atoms with van der Waals surface area (Å²) in [6, 6.07) is 10.3. The Morgan fingerprint density at radius 3 is 2.56 bits per heavy atom. The third-order valence-corrected chi connectivity index (χ3v) is 2.44. The number of nitro groups is 1. The normalized spacial score (nSPS) is 10.1. The summed E-state index contributed by atoms with van der Waals surface area (Å²) in [4.78, 5) is 10.3. The van der Waals surface area contributed by atoms with Gasteiger partial charge in [0, 0.05) is 11.1 Å². The molecule has 0 aliphatic carbocycles. The van der Waals surface area contributed by atoms with Crippen molar-refractivity contribution in [3.05, 3.63) is 57.6 Å². The fourth-order valence-corrected chi connectivity index (χ4v) is 1.55. The lowest BCUT2D eigenvalue weighted by Gasteiger charge is -2.07. The van der Waals surface area contributed by atoms with Crippen LogP contribution < -0.4 is 4.74 Å². The van der Waals surface area contributed by atoms with Gasteiger partial charge >= 0.3 is 5.69 Å². The Balaban J connectivity index is 2.41. The first-order valence-corrected chi connectivity index (χ1v) is 5.35. The van der Waals surface area contributed by atoms with Crippen molar-refractivity contribution >= 4 is 17.3 Å². The highest BCUT2D eigenvalue weighted by molar-refractivity contribution is 6.30. The third-order valence-electron chi connectivity index (χ3n) is 2.20. The molecule has 0 heterocycles. The summed E-state index contributed by atoms with van der Waals surface area (Å²) in [6.45, 7) is 0. The molecule has 0 saturated carbocycles. The van der Waals surface area contributed by atoms with Gasteiger partial charge in [-0.1, -0.05) is 23.7 Å². The molecular weight excluding hydrogens is 258 g/mol. The van der Waals surface area contributed by atoms with Crippen molar-refractivity contribution in [3.8, 4) is 17.2 Å². The number of phenolic OH excluding ortho intramolecular Hbond substituents is 1. The smallest absolute Gasteiger partial charge is 0.313 e. The number of halogens is 1. The lowest BCUT2D eigenvalue weighted by Crippen LogP contribution is -1.93. The van der Waals surface area contributed by atoms with Crippen molar-refractivity contribution in [2.45, 2.75) is 0 Å². The van der Waals surface area contributed by atoms with Crippen LogP contribution in [-0.2, 0) is 0 Å². The molecule has 6 heteroatoms. The molecule has 0 aliphatic heterocycles. The maximum absolute atomic E-state index is 10.9. The molecule has 0 atom stereocenters. The Morgan fingerprint density at radius 2 is 1.89 bits per heavy atom. The van der Waals surface area contributed by atoms with Crippen molar-refractivity contribution in [2.24, 2.45) is 0 Å². The molecule has 0 aliphatic rings. The minimum absolute atomic E-state index is 0.0194. The molecule has 0 fully saturated rings. The van der Waals surface area contributed by atoms with Crippen molar-refractivity contribution in [1.82, 2.24) is 0 Å². The van der Waals surface area contributed by atoms with E-state index in [2.05, 4.69) is 0 Å². The van der Waals surface area contributed by atoms with E-state index < -0.39 is 4.92 Å². The Labute approximate surface area is 107 Å². The predicted octanol–water partition coefficient (Wildman–Crippen LogP) is 3.75. The number of phenols is 1. The second-order valence-electron chi connectivity index (χ2n) is 3.44. The molecule has 1 N–H and O–H groups in total. The first kappa shape index (κ1) is 12.2. The fourth-order valence-electron chi connectivity index (χ4n) is 1.38. The molecule has 2 aromatic carbocycles. The zero-order valence-corrected chi connectivity index (χ0v) is 9.79. The Kier molecular flexibility index (Phi) is 3.34. The van der Waals surface area contributed by atoms with E-state index in [4.69, 9.17) is 16.3 Å². The first-order valence-electron chi connectivity index (χ1n) is 4.97. The molecule has 2 aromatic rings. The zero-order chi connectivity index (χ0) is 13.1. The number of aromatic hydroxyl groups is 1. The molecule has 0 amide bonds. The van der Waals surface area contributed by atoms with Crippen LogP contribution in [0.2, 0.25) is 5.02 Å². The maximum Gasteiger partial charge on any atom is 0.313 e. The molecule has 0 unspecified atom stereocenters. The summed E-state index contributed by atoms with van der Waals surface area (Å²) in [5.74, 6) is 0.0653. The minimum Gasteiger partial charge on any atom is -0.504 e. The number of para-hydroxylation sites is 2. The van der Waals surface area contributed by atoms with Crippen LogP contribution in [0.25, 0.3) is 0 Å². The van der Waals surface area contributed by atoms with Crippen molar-refractivity contribution in [2.75, 3.05) is 0 Å². The van der Waals surface area contributed by atoms with Gasteiger partial charge in [0.1, 0.15) is 0 Å². The fraction of sp³-hybridized carbons (Fsp3) is 0. The topological polar surface area (TPSA) is 72.6 Å².